The summed E-state index contributed by atoms with van der Waals surface area (Å²) in [6, 6.07) is 0. The summed E-state index contributed by atoms with van der Waals surface area (Å²) >= 11 is 3.67. The summed E-state index contributed by atoms with van der Waals surface area (Å²) in [6.45, 7) is 1.51. The summed E-state index contributed by atoms with van der Waals surface area (Å²) < 4.78 is 0. The number of carbonyl (C=O) groups excluding carboxylic acids is 1. The molecule has 1 nitrogen and oxygen atoms in total. The Morgan fingerprint density at radius 1 is 1.83 bits per heavy atom. The summed E-state index contributed by atoms with van der Waals surface area (Å²) in [5.41, 5.74) is 0. The molecule has 0 bridgehead atoms. The van der Waals surface area contributed by atoms with E-state index in [1.165, 1.54) is 6.92 Å². The summed E-state index contributed by atoms with van der Waals surface area (Å²) in [4.78, 5) is 9.74. The molecule has 6 heavy (non-hydrogen) atoms. The molecule has 0 N–H and O–H groups in total. The fourth-order valence-electron chi connectivity index (χ4n) is 0. The van der Waals surface area contributed by atoms with Crippen molar-refractivity contribution >= 4 is 48.0 Å². The Labute approximate surface area is 65.2 Å². The quantitative estimate of drug-likeness (QED) is 0.377. The number of carbonyl (C=O) groups is 1. The van der Waals surface area contributed by atoms with Crippen molar-refractivity contribution in [2.24, 2.45) is 0 Å². The van der Waals surface area contributed by atoms with Crippen LogP contribution in [0.15, 0.2) is 0 Å². The molecule has 1 radical (unpaired) electrons. The monoisotopic (exact) mass is 113 g/mol. The molecule has 0 aliphatic carbocycles. The van der Waals surface area contributed by atoms with Gasteiger partial charge in [-0.3, -0.25) is 4.79 Å². The minimum atomic E-state index is 0. The van der Waals surface area contributed by atoms with Crippen LogP contribution in [0.25, 0.3) is 0 Å². The van der Waals surface area contributed by atoms with E-state index < -0.39 is 0 Å². The van der Waals surface area contributed by atoms with Crippen molar-refractivity contribution in [2.75, 3.05) is 5.75 Å². The van der Waals surface area contributed by atoms with Crippen LogP contribution < -0.4 is 0 Å². The predicted molar refractivity (Wildman–Crippen MR) is 30.3 cm³/mol. The molecule has 0 amide bonds. The van der Waals surface area contributed by atoms with Gasteiger partial charge in [0.25, 0.3) is 0 Å². The summed E-state index contributed by atoms with van der Waals surface area (Å²) in [5, 5.41) is 0. The molecule has 0 spiro atoms. The van der Waals surface area contributed by atoms with Gasteiger partial charge in [0.15, 0.2) is 0 Å². The van der Waals surface area contributed by atoms with E-state index in [0.717, 1.165) is 0 Å². The summed E-state index contributed by atoms with van der Waals surface area (Å²) in [5.74, 6) is 0.480. The van der Waals surface area contributed by atoms with Crippen molar-refractivity contribution in [2.45, 2.75) is 6.92 Å². The normalized spacial score (nSPS) is 6.33. The predicted octanol–water partition coefficient (Wildman–Crippen LogP) is 0.124. The van der Waals surface area contributed by atoms with Crippen LogP contribution in [0.3, 0.4) is 0 Å². The Morgan fingerprint density at radius 3 is 2.00 bits per heavy atom. The van der Waals surface area contributed by atoms with E-state index in [0.29, 0.717) is 5.75 Å². The van der Waals surface area contributed by atoms with E-state index >= 15 is 0 Å². The number of rotatable bonds is 1. The van der Waals surface area contributed by atoms with E-state index in [2.05, 4.69) is 12.6 Å². The molecule has 0 rings (SSSR count). The molecule has 0 aromatic carbocycles. The van der Waals surface area contributed by atoms with Crippen LogP contribution in [-0.2, 0) is 4.79 Å². The zero-order chi connectivity index (χ0) is 4.28. The number of hydrogen-bond donors (Lipinski definition) is 1. The number of thiol groups is 1. The largest absolute Gasteiger partial charge is 0.299 e. The maximum atomic E-state index is 9.74. The zero-order valence-electron chi connectivity index (χ0n) is 4.06. The van der Waals surface area contributed by atoms with Crippen LogP contribution in [0.1, 0.15) is 6.92 Å². The van der Waals surface area contributed by atoms with E-state index in [4.69, 9.17) is 0 Å². The molecule has 0 saturated heterocycles. The average Bonchev–Trinajstić information content (AvgIpc) is 1.38. The Morgan fingerprint density at radius 2 is 2.00 bits per heavy atom. The van der Waals surface area contributed by atoms with E-state index in [1.807, 2.05) is 0 Å². The van der Waals surface area contributed by atoms with Gasteiger partial charge in [0.1, 0.15) is 5.78 Å². The van der Waals surface area contributed by atoms with Gasteiger partial charge in [0, 0.05) is 35.3 Å². The van der Waals surface area contributed by atoms with Crippen molar-refractivity contribution < 1.29 is 4.79 Å². The molecule has 0 heterocycles. The maximum absolute atomic E-state index is 9.74. The minimum absolute atomic E-state index is 0. The van der Waals surface area contributed by atoms with Crippen molar-refractivity contribution in [1.29, 1.82) is 0 Å². The first kappa shape index (κ1) is 10.1. The molecule has 0 unspecified atom stereocenters. The first-order valence-electron chi connectivity index (χ1n) is 1.37. The van der Waals surface area contributed by atoms with Crippen LogP contribution in [0, 0.1) is 0 Å². The third kappa shape index (κ3) is 8.89. The van der Waals surface area contributed by atoms with Gasteiger partial charge >= 0.3 is 0 Å². The molecule has 3 heteroatoms. The Bertz CT molecular complexity index is 46.1. The fourth-order valence-corrected chi connectivity index (χ4v) is 0. The first-order valence-corrected chi connectivity index (χ1v) is 2.01. The Kier molecular flexibility index (Phi) is 10.1. The van der Waals surface area contributed by atoms with Crippen molar-refractivity contribution in [3.8, 4) is 0 Å². The van der Waals surface area contributed by atoms with Gasteiger partial charge in [0.05, 0.1) is 0 Å². The van der Waals surface area contributed by atoms with Crippen molar-refractivity contribution in [3.63, 3.8) is 0 Å². The average molecular weight is 113 g/mol. The van der Waals surface area contributed by atoms with Crippen LogP contribution in [0.4, 0.5) is 0 Å². The van der Waals surface area contributed by atoms with Gasteiger partial charge in [-0.25, -0.2) is 0 Å². The van der Waals surface area contributed by atoms with Crippen LogP contribution in [-0.4, -0.2) is 41.1 Å². The molecule has 0 aliphatic rings. The second-order valence-electron chi connectivity index (χ2n) is 0.860. The first-order chi connectivity index (χ1) is 2.27. The second-order valence-corrected chi connectivity index (χ2v) is 1.18. The minimum Gasteiger partial charge on any atom is -0.299 e. The van der Waals surface area contributed by atoms with Gasteiger partial charge in [-0.2, -0.15) is 12.6 Å². The van der Waals surface area contributed by atoms with E-state index in [9.17, 15) is 4.79 Å². The number of Topliss-reactive ketones (excluding diaryl/α,β-unsaturated/α-hetero) is 1. The van der Waals surface area contributed by atoms with Crippen molar-refractivity contribution in [3.05, 3.63) is 0 Å². The Balaban J connectivity index is 0. The number of ketones is 1. The van der Waals surface area contributed by atoms with E-state index in [-0.39, 0.29) is 35.3 Å². The van der Waals surface area contributed by atoms with Gasteiger partial charge in [0.2, 0.25) is 0 Å². The van der Waals surface area contributed by atoms with Gasteiger partial charge in [-0.05, 0) is 6.92 Å². The summed E-state index contributed by atoms with van der Waals surface area (Å²) in [7, 11) is 0. The molecular formula is C3H6NaOS. The second kappa shape index (κ2) is 6.02. The molecule has 0 aromatic rings. The fraction of sp³-hybridized carbons (Fsp3) is 0.667. The van der Waals surface area contributed by atoms with Crippen LogP contribution in [0.2, 0.25) is 0 Å². The maximum Gasteiger partial charge on any atom is 0.139 e. The van der Waals surface area contributed by atoms with Crippen molar-refractivity contribution in [1.82, 2.24) is 0 Å². The Hall–Kier alpha value is 1.02. The molecular weight excluding hydrogens is 107 g/mol. The summed E-state index contributed by atoms with van der Waals surface area (Å²) in [6.07, 6.45) is 0. The number of hydrogen-bond acceptors (Lipinski definition) is 2. The molecule has 0 fully saturated rings. The standard InChI is InChI=1S/C3H6OS.Na/c1-3(4)2-5;/h5H,2H2,1H3;. The van der Waals surface area contributed by atoms with Gasteiger partial charge < -0.3 is 0 Å². The molecule has 0 saturated carbocycles. The molecule has 0 aliphatic heterocycles. The van der Waals surface area contributed by atoms with Gasteiger partial charge in [-0.15, -0.1) is 0 Å². The third-order valence-electron chi connectivity index (χ3n) is 0.223. The van der Waals surface area contributed by atoms with E-state index in [1.54, 1.807) is 0 Å². The van der Waals surface area contributed by atoms with Gasteiger partial charge in [-0.1, -0.05) is 0 Å². The molecule has 0 aromatic heterocycles. The SMILES string of the molecule is CC(=O)CS.[Na]. The smallest absolute Gasteiger partial charge is 0.139 e. The molecule has 0 atom stereocenters. The van der Waals surface area contributed by atoms with Crippen LogP contribution >= 0.6 is 12.6 Å². The van der Waals surface area contributed by atoms with Crippen LogP contribution in [0.5, 0.6) is 0 Å². The zero-order valence-corrected chi connectivity index (χ0v) is 6.96. The topological polar surface area (TPSA) is 17.1 Å². The third-order valence-corrected chi connectivity index (χ3v) is 0.668. The molecule has 31 valence electrons.